The Bertz CT molecular complexity index is 1210. The van der Waals surface area contributed by atoms with E-state index in [1.165, 1.54) is 11.1 Å². The van der Waals surface area contributed by atoms with E-state index in [-0.39, 0.29) is 11.8 Å². The molecule has 3 aromatic carbocycles. The Morgan fingerprint density at radius 2 is 1.28 bits per heavy atom. The third-order valence-corrected chi connectivity index (χ3v) is 5.82. The number of hydrogen-bond donors (Lipinski definition) is 2. The minimum absolute atomic E-state index is 0.158. The van der Waals surface area contributed by atoms with Gasteiger partial charge in [-0.05, 0) is 66.9 Å². The number of quaternary nitrogens is 2. The topological polar surface area (TPSA) is 58.2 Å². The minimum atomic E-state index is -0.163. The van der Waals surface area contributed by atoms with E-state index in [1.54, 1.807) is 6.07 Å². The average Bonchev–Trinajstić information content (AvgIpc) is 2.79. The fraction of sp³-hybridized carbons (Fsp3) is 0.310. The highest BCUT2D eigenvalue weighted by Gasteiger charge is 2.36. The summed E-state index contributed by atoms with van der Waals surface area (Å²) in [5.41, 5.74) is 5.85. The Morgan fingerprint density at radius 3 is 1.78 bits per heavy atom. The molecule has 3 aromatic rings. The number of carbonyl (C=O) groups excluding carboxylic acids is 2. The number of benzene rings is 3. The maximum Gasteiger partial charge on any atom is 0.791 e. The summed E-state index contributed by atoms with van der Waals surface area (Å²) in [6, 6.07) is 20.8. The second-order valence-corrected chi connectivity index (χ2v) is 10.9. The lowest BCUT2D eigenvalue weighted by molar-refractivity contribution is -0.888. The molecule has 0 aliphatic rings. The standard InChI is InChI=1S/C29H38BN4O2/c1-8-22-9-13-24(14-10-22)28(35)31-26-17-18-27(21(2)19-26)32-29(36)25-15-11-23(12-16-25)20-34(6,7)30-33(3,4)5/h9-19H,8,20H2,1-7H3,(H,31,35)(H,32,36)/q+2. The summed E-state index contributed by atoms with van der Waals surface area (Å²) in [7, 11) is 13.0. The van der Waals surface area contributed by atoms with Crippen LogP contribution < -0.4 is 10.6 Å². The van der Waals surface area contributed by atoms with Crippen molar-refractivity contribution in [2.45, 2.75) is 26.8 Å². The summed E-state index contributed by atoms with van der Waals surface area (Å²) < 4.78 is 1.50. The summed E-state index contributed by atoms with van der Waals surface area (Å²) in [5.74, 6) is -0.320. The zero-order chi connectivity index (χ0) is 26.5. The Kier molecular flexibility index (Phi) is 8.38. The molecule has 7 heteroatoms. The molecule has 0 saturated heterocycles. The molecule has 2 N–H and O–H groups in total. The number of nitrogens with one attached hydrogen (secondary N) is 2. The summed E-state index contributed by atoms with van der Waals surface area (Å²) in [6.07, 6.45) is 0.936. The molecule has 3 rings (SSSR count). The van der Waals surface area contributed by atoms with Crippen LogP contribution in [0.15, 0.2) is 66.7 Å². The summed E-state index contributed by atoms with van der Waals surface area (Å²) >= 11 is 0. The first-order valence-corrected chi connectivity index (χ1v) is 12.3. The van der Waals surface area contributed by atoms with E-state index in [4.69, 9.17) is 0 Å². The highest BCUT2D eigenvalue weighted by Crippen LogP contribution is 2.22. The van der Waals surface area contributed by atoms with Crippen molar-refractivity contribution in [3.63, 3.8) is 0 Å². The molecule has 0 heterocycles. The van der Waals surface area contributed by atoms with Gasteiger partial charge in [0.2, 0.25) is 0 Å². The highest BCUT2D eigenvalue weighted by atomic mass is 16.2. The van der Waals surface area contributed by atoms with E-state index in [9.17, 15) is 9.59 Å². The number of aryl methyl sites for hydroxylation is 2. The molecule has 0 fully saturated rings. The van der Waals surface area contributed by atoms with Gasteiger partial charge in [-0.1, -0.05) is 31.2 Å². The Labute approximate surface area is 216 Å². The second-order valence-electron chi connectivity index (χ2n) is 10.9. The zero-order valence-electron chi connectivity index (χ0n) is 22.6. The van der Waals surface area contributed by atoms with Crippen molar-refractivity contribution < 1.29 is 18.4 Å². The van der Waals surface area contributed by atoms with Crippen molar-refractivity contribution in [3.05, 3.63) is 94.5 Å². The number of rotatable bonds is 9. The predicted molar refractivity (Wildman–Crippen MR) is 149 cm³/mol. The third-order valence-electron chi connectivity index (χ3n) is 5.82. The van der Waals surface area contributed by atoms with Crippen molar-refractivity contribution in [1.82, 2.24) is 0 Å². The lowest BCUT2D eigenvalue weighted by atomic mass is 9.97. The molecule has 2 amide bonds. The molecular weight excluding hydrogens is 447 g/mol. The maximum atomic E-state index is 12.9. The van der Waals surface area contributed by atoms with Gasteiger partial charge in [-0.3, -0.25) is 9.59 Å². The largest absolute Gasteiger partial charge is 0.791 e. The van der Waals surface area contributed by atoms with Crippen LogP contribution in [-0.2, 0) is 13.0 Å². The van der Waals surface area contributed by atoms with Crippen molar-refractivity contribution in [1.29, 1.82) is 0 Å². The van der Waals surface area contributed by atoms with Crippen LogP contribution in [-0.4, -0.2) is 63.4 Å². The van der Waals surface area contributed by atoms with Gasteiger partial charge in [0, 0.05) is 28.1 Å². The van der Waals surface area contributed by atoms with Crippen molar-refractivity contribution >= 4 is 30.7 Å². The monoisotopic (exact) mass is 485 g/mol. The molecule has 36 heavy (non-hydrogen) atoms. The summed E-state index contributed by atoms with van der Waals surface area (Å²) in [6.45, 7) is 4.84. The van der Waals surface area contributed by atoms with Gasteiger partial charge in [-0.2, -0.15) is 0 Å². The molecule has 187 valence electrons. The zero-order valence-corrected chi connectivity index (χ0v) is 22.6. The maximum absolute atomic E-state index is 12.9. The SMILES string of the molecule is CCc1ccc(C(=O)Nc2ccc(NC(=O)c3ccc(C[N+](C)(C)[B][N+](C)(C)C)cc3)c(C)c2)cc1. The average molecular weight is 485 g/mol. The molecule has 0 unspecified atom stereocenters. The predicted octanol–water partition coefficient (Wildman–Crippen LogP) is 4.88. The van der Waals surface area contributed by atoms with Crippen LogP contribution in [0.5, 0.6) is 0 Å². The van der Waals surface area contributed by atoms with Gasteiger partial charge in [-0.25, -0.2) is 0 Å². The van der Waals surface area contributed by atoms with Crippen molar-refractivity contribution in [2.24, 2.45) is 0 Å². The van der Waals surface area contributed by atoms with E-state index in [0.29, 0.717) is 22.5 Å². The van der Waals surface area contributed by atoms with Gasteiger partial charge in [-0.15, -0.1) is 0 Å². The number of anilines is 2. The fourth-order valence-electron chi connectivity index (χ4n) is 4.38. The highest BCUT2D eigenvalue weighted by molar-refractivity contribution is 6.16. The van der Waals surface area contributed by atoms with Gasteiger partial charge in [0.15, 0.2) is 0 Å². The van der Waals surface area contributed by atoms with E-state index in [1.807, 2.05) is 67.6 Å². The van der Waals surface area contributed by atoms with Crippen molar-refractivity contribution in [2.75, 3.05) is 45.9 Å². The molecule has 0 bridgehead atoms. The number of hydrogen-bond acceptors (Lipinski definition) is 2. The molecule has 6 nitrogen and oxygen atoms in total. The minimum Gasteiger partial charge on any atom is -0.337 e. The molecule has 0 aromatic heterocycles. The van der Waals surface area contributed by atoms with Crippen LogP contribution in [0, 0.1) is 6.92 Å². The molecule has 0 aliphatic carbocycles. The van der Waals surface area contributed by atoms with Crippen LogP contribution in [0.25, 0.3) is 0 Å². The second kappa shape index (κ2) is 11.1. The quantitative estimate of drug-likeness (QED) is 0.425. The lowest BCUT2D eigenvalue weighted by Gasteiger charge is -2.32. The first kappa shape index (κ1) is 27.2. The lowest BCUT2D eigenvalue weighted by Crippen LogP contribution is -2.56. The molecule has 0 saturated carbocycles. The summed E-state index contributed by atoms with van der Waals surface area (Å²) in [4.78, 5) is 25.4. The Morgan fingerprint density at radius 1 is 0.750 bits per heavy atom. The van der Waals surface area contributed by atoms with Crippen molar-refractivity contribution in [3.8, 4) is 0 Å². The Balaban J connectivity index is 1.61. The smallest absolute Gasteiger partial charge is 0.337 e. The van der Waals surface area contributed by atoms with E-state index in [0.717, 1.165) is 27.3 Å². The molecule has 0 aliphatic heterocycles. The van der Waals surface area contributed by atoms with Crippen LogP contribution in [0.2, 0.25) is 0 Å². The number of carbonyl (C=O) groups is 2. The normalized spacial score (nSPS) is 11.6. The third kappa shape index (κ3) is 7.80. The summed E-state index contributed by atoms with van der Waals surface area (Å²) in [5, 5.41) is 5.92. The molecule has 1 radical (unpaired) electrons. The van der Waals surface area contributed by atoms with Crippen LogP contribution in [0.1, 0.15) is 44.3 Å². The van der Waals surface area contributed by atoms with Crippen LogP contribution in [0.4, 0.5) is 11.4 Å². The molecular formula is C29H38BN4O2+2. The van der Waals surface area contributed by atoms with E-state index < -0.39 is 0 Å². The van der Waals surface area contributed by atoms with E-state index >= 15 is 0 Å². The van der Waals surface area contributed by atoms with E-state index in [2.05, 4.69) is 60.3 Å². The van der Waals surface area contributed by atoms with Crippen LogP contribution in [0.3, 0.4) is 0 Å². The molecule has 0 spiro atoms. The van der Waals surface area contributed by atoms with Gasteiger partial charge in [0.1, 0.15) is 0 Å². The number of amides is 2. The number of nitrogens with zero attached hydrogens (tertiary/aromatic N) is 2. The van der Waals surface area contributed by atoms with Crippen LogP contribution >= 0.6 is 0 Å². The van der Waals surface area contributed by atoms with Gasteiger partial charge in [0.25, 0.3) is 11.8 Å². The van der Waals surface area contributed by atoms with Gasteiger partial charge < -0.3 is 19.4 Å². The Hall–Kier alpha value is -3.42. The fourth-order valence-corrected chi connectivity index (χ4v) is 4.38. The first-order valence-electron chi connectivity index (χ1n) is 12.3. The van der Waals surface area contributed by atoms with Gasteiger partial charge >= 0.3 is 7.55 Å². The first-order chi connectivity index (χ1) is 16.8. The van der Waals surface area contributed by atoms with Gasteiger partial charge in [0.05, 0.1) is 41.8 Å². The molecule has 0 atom stereocenters.